The Kier molecular flexibility index (Phi) is 4.51. The third-order valence-electron chi connectivity index (χ3n) is 5.47. The summed E-state index contributed by atoms with van der Waals surface area (Å²) in [4.78, 5) is 13.3. The van der Waals surface area contributed by atoms with Crippen LogP contribution in [0.15, 0.2) is 94.1 Å². The van der Waals surface area contributed by atoms with Crippen LogP contribution < -0.4 is 5.63 Å². The molecule has 0 fully saturated rings. The lowest BCUT2D eigenvalue weighted by Crippen LogP contribution is -2.07. The first-order valence-corrected chi connectivity index (χ1v) is 10.3. The maximum absolute atomic E-state index is 13.3. The van der Waals surface area contributed by atoms with Crippen molar-refractivity contribution in [3.63, 3.8) is 0 Å². The summed E-state index contributed by atoms with van der Waals surface area (Å²) < 4.78 is 8.09. The van der Waals surface area contributed by atoms with E-state index in [0.717, 1.165) is 39.8 Å². The lowest BCUT2D eigenvalue weighted by molar-refractivity contribution is 0.537. The summed E-state index contributed by atoms with van der Waals surface area (Å²) in [5, 5.41) is 1.62. The van der Waals surface area contributed by atoms with Crippen LogP contribution in [0.4, 0.5) is 0 Å². The highest BCUT2D eigenvalue weighted by Gasteiger charge is 2.25. The first kappa shape index (κ1) is 18.4. The van der Waals surface area contributed by atoms with Crippen molar-refractivity contribution in [2.24, 2.45) is 5.92 Å². The van der Waals surface area contributed by atoms with Gasteiger partial charge in [0, 0.05) is 17.5 Å². The zero-order chi connectivity index (χ0) is 20.7. The second-order valence-corrected chi connectivity index (χ2v) is 8.07. The molecular weight excluding hydrogens is 370 g/mol. The second kappa shape index (κ2) is 7.34. The minimum absolute atomic E-state index is 0.290. The van der Waals surface area contributed by atoms with Gasteiger partial charge in [0.1, 0.15) is 5.58 Å². The highest BCUT2D eigenvalue weighted by molar-refractivity contribution is 6.13. The molecule has 5 aromatic rings. The molecular formula is C27H23NO2. The molecule has 0 spiro atoms. The van der Waals surface area contributed by atoms with Gasteiger partial charge in [-0.25, -0.2) is 4.79 Å². The normalized spacial score (nSPS) is 11.6. The van der Waals surface area contributed by atoms with E-state index in [4.69, 9.17) is 4.42 Å². The van der Waals surface area contributed by atoms with E-state index < -0.39 is 0 Å². The highest BCUT2D eigenvalue weighted by atomic mass is 16.4. The Morgan fingerprint density at radius 3 is 2.07 bits per heavy atom. The average molecular weight is 393 g/mol. The molecule has 2 heterocycles. The number of benzene rings is 3. The molecule has 0 N–H and O–H groups in total. The molecule has 0 bridgehead atoms. The predicted molar refractivity (Wildman–Crippen MR) is 124 cm³/mol. The van der Waals surface area contributed by atoms with Gasteiger partial charge >= 0.3 is 5.63 Å². The van der Waals surface area contributed by atoms with Crippen molar-refractivity contribution >= 4 is 21.9 Å². The molecule has 3 heteroatoms. The highest BCUT2D eigenvalue weighted by Crippen LogP contribution is 2.42. The summed E-state index contributed by atoms with van der Waals surface area (Å²) >= 11 is 0. The number of nitrogens with zero attached hydrogens (tertiary/aromatic N) is 1. The summed E-state index contributed by atoms with van der Waals surface area (Å²) in [6.45, 7) is 5.22. The van der Waals surface area contributed by atoms with Crippen molar-refractivity contribution in [3.05, 3.63) is 95.3 Å². The third-order valence-corrected chi connectivity index (χ3v) is 5.47. The van der Waals surface area contributed by atoms with E-state index in [1.54, 1.807) is 0 Å². The van der Waals surface area contributed by atoms with Crippen molar-refractivity contribution in [3.8, 4) is 22.4 Å². The summed E-state index contributed by atoms with van der Waals surface area (Å²) in [5.74, 6) is 0.415. The van der Waals surface area contributed by atoms with Crippen LogP contribution in [-0.2, 0) is 6.54 Å². The van der Waals surface area contributed by atoms with E-state index in [1.807, 2.05) is 60.7 Å². The molecule has 5 rings (SSSR count). The van der Waals surface area contributed by atoms with Gasteiger partial charge in [-0.05, 0) is 29.2 Å². The van der Waals surface area contributed by atoms with E-state index in [2.05, 4.69) is 42.7 Å². The largest absolute Gasteiger partial charge is 0.422 e. The van der Waals surface area contributed by atoms with Crippen molar-refractivity contribution < 1.29 is 4.42 Å². The molecule has 0 aliphatic carbocycles. The number of hydrogen-bond donors (Lipinski definition) is 0. The van der Waals surface area contributed by atoms with E-state index >= 15 is 0 Å². The van der Waals surface area contributed by atoms with E-state index in [-0.39, 0.29) is 5.63 Å². The molecule has 0 saturated carbocycles. The Morgan fingerprint density at radius 2 is 1.40 bits per heavy atom. The van der Waals surface area contributed by atoms with Gasteiger partial charge in [0.2, 0.25) is 0 Å². The van der Waals surface area contributed by atoms with Gasteiger partial charge in [-0.1, -0.05) is 86.6 Å². The number of fused-ring (bicyclic) bond motifs is 3. The average Bonchev–Trinajstić information content (AvgIpc) is 3.10. The Bertz CT molecular complexity index is 1390. The predicted octanol–water partition coefficient (Wildman–Crippen LogP) is 6.74. The zero-order valence-corrected chi connectivity index (χ0v) is 17.1. The lowest BCUT2D eigenvalue weighted by atomic mass is 9.98. The summed E-state index contributed by atoms with van der Waals surface area (Å²) in [6, 6.07) is 28.3. The first-order valence-electron chi connectivity index (χ1n) is 10.3. The number of hydrogen-bond acceptors (Lipinski definition) is 2. The molecule has 3 aromatic carbocycles. The fourth-order valence-corrected chi connectivity index (χ4v) is 4.33. The molecule has 0 saturated heterocycles. The number of para-hydroxylation sites is 1. The number of rotatable bonds is 4. The minimum atomic E-state index is -0.290. The number of aromatic nitrogens is 1. The molecule has 3 nitrogen and oxygen atoms in total. The minimum Gasteiger partial charge on any atom is -0.422 e. The van der Waals surface area contributed by atoms with Gasteiger partial charge in [-0.3, -0.25) is 0 Å². The summed E-state index contributed by atoms with van der Waals surface area (Å²) in [5.41, 5.74) is 5.40. The van der Waals surface area contributed by atoms with Crippen LogP contribution in [0.5, 0.6) is 0 Å². The van der Waals surface area contributed by atoms with Crippen LogP contribution in [0, 0.1) is 5.92 Å². The third kappa shape index (κ3) is 2.94. The maximum atomic E-state index is 13.3. The molecule has 0 amide bonds. The van der Waals surface area contributed by atoms with E-state index in [1.165, 1.54) is 0 Å². The van der Waals surface area contributed by atoms with Crippen LogP contribution in [0.3, 0.4) is 0 Å². The van der Waals surface area contributed by atoms with Crippen molar-refractivity contribution in [2.45, 2.75) is 20.4 Å². The molecule has 0 unspecified atom stereocenters. The quantitative estimate of drug-likeness (QED) is 0.317. The molecule has 0 aliphatic heterocycles. The van der Waals surface area contributed by atoms with Gasteiger partial charge < -0.3 is 8.98 Å². The standard InChI is InChI=1S/C27H23NO2/c1-18(2)17-28-25(20-13-7-4-8-14-20)23(19-11-5-3-6-12-19)24-26(28)21-15-9-10-16-22(21)30-27(24)29/h3-16,18H,17H2,1-2H3. The van der Waals surface area contributed by atoms with E-state index in [0.29, 0.717) is 16.9 Å². The fourth-order valence-electron chi connectivity index (χ4n) is 4.33. The molecule has 148 valence electrons. The van der Waals surface area contributed by atoms with Gasteiger partial charge in [0.25, 0.3) is 0 Å². The Morgan fingerprint density at radius 1 is 0.800 bits per heavy atom. The van der Waals surface area contributed by atoms with Crippen LogP contribution in [0.25, 0.3) is 44.3 Å². The van der Waals surface area contributed by atoms with Gasteiger partial charge in [-0.2, -0.15) is 0 Å². The lowest BCUT2D eigenvalue weighted by Gasteiger charge is -2.15. The Labute approximate surface area is 175 Å². The molecule has 2 aromatic heterocycles. The van der Waals surface area contributed by atoms with Gasteiger partial charge in [-0.15, -0.1) is 0 Å². The smallest absolute Gasteiger partial charge is 0.346 e. The first-order chi connectivity index (χ1) is 14.6. The van der Waals surface area contributed by atoms with Crippen LogP contribution in [-0.4, -0.2) is 4.57 Å². The SMILES string of the molecule is CC(C)Cn1c(-c2ccccc2)c(-c2ccccc2)c2c(=O)oc3ccccc3c21. The molecule has 30 heavy (non-hydrogen) atoms. The van der Waals surface area contributed by atoms with Gasteiger partial charge in [0.05, 0.1) is 16.6 Å². The second-order valence-electron chi connectivity index (χ2n) is 8.07. The van der Waals surface area contributed by atoms with Crippen molar-refractivity contribution in [1.29, 1.82) is 0 Å². The fraction of sp³-hybridized carbons (Fsp3) is 0.148. The Balaban J connectivity index is 2.05. The Hall–Kier alpha value is -3.59. The van der Waals surface area contributed by atoms with Crippen LogP contribution in [0.1, 0.15) is 13.8 Å². The van der Waals surface area contributed by atoms with Gasteiger partial charge in [0.15, 0.2) is 0 Å². The maximum Gasteiger partial charge on any atom is 0.346 e. The zero-order valence-electron chi connectivity index (χ0n) is 17.1. The van der Waals surface area contributed by atoms with Crippen LogP contribution >= 0.6 is 0 Å². The summed E-state index contributed by atoms with van der Waals surface area (Å²) in [7, 11) is 0. The van der Waals surface area contributed by atoms with Crippen molar-refractivity contribution in [1.82, 2.24) is 4.57 Å². The summed E-state index contributed by atoms with van der Waals surface area (Å²) in [6.07, 6.45) is 0. The van der Waals surface area contributed by atoms with E-state index in [9.17, 15) is 4.79 Å². The molecule has 0 radical (unpaired) electrons. The van der Waals surface area contributed by atoms with Crippen molar-refractivity contribution in [2.75, 3.05) is 0 Å². The molecule has 0 aliphatic rings. The van der Waals surface area contributed by atoms with Crippen LogP contribution in [0.2, 0.25) is 0 Å². The monoisotopic (exact) mass is 393 g/mol. The molecule has 0 atom stereocenters. The topological polar surface area (TPSA) is 35.1 Å².